The molecule has 2 rings (SSSR count). The molecule has 2 N–H and O–H groups in total. The molecule has 1 aliphatic heterocycles. The largest absolute Gasteiger partial charge is 0.384 e. The summed E-state index contributed by atoms with van der Waals surface area (Å²) in [6, 6.07) is 4.44. The van der Waals surface area contributed by atoms with Gasteiger partial charge in [0.2, 0.25) is 5.91 Å². The first kappa shape index (κ1) is 15.0. The van der Waals surface area contributed by atoms with E-state index in [9.17, 15) is 4.79 Å². The zero-order valence-electron chi connectivity index (χ0n) is 11.7. The summed E-state index contributed by atoms with van der Waals surface area (Å²) in [6.07, 6.45) is 2.03. The highest BCUT2D eigenvalue weighted by Gasteiger charge is 2.19. The fourth-order valence-electron chi connectivity index (χ4n) is 2.40. The number of nitrogens with zero attached hydrogens (tertiary/aromatic N) is 1. The van der Waals surface area contributed by atoms with Crippen molar-refractivity contribution in [2.75, 3.05) is 19.7 Å². The minimum Gasteiger partial charge on any atom is -0.384 e. The van der Waals surface area contributed by atoms with Crippen LogP contribution in [0.1, 0.15) is 29.5 Å². The molecule has 0 aromatic carbocycles. The number of aliphatic hydroxyl groups is 1. The summed E-state index contributed by atoms with van der Waals surface area (Å²) in [5.74, 6) is 5.66. The van der Waals surface area contributed by atoms with E-state index in [-0.39, 0.29) is 12.5 Å². The zero-order valence-corrected chi connectivity index (χ0v) is 12.5. The lowest BCUT2D eigenvalue weighted by Gasteiger charge is -2.31. The van der Waals surface area contributed by atoms with E-state index in [4.69, 9.17) is 5.11 Å². The number of carbonyl (C=O) groups is 1. The van der Waals surface area contributed by atoms with Crippen LogP contribution in [0.25, 0.3) is 0 Å². The first-order valence-electron chi connectivity index (χ1n) is 6.85. The molecule has 0 spiro atoms. The molecule has 0 aliphatic carbocycles. The van der Waals surface area contributed by atoms with E-state index < -0.39 is 0 Å². The van der Waals surface area contributed by atoms with Crippen molar-refractivity contribution in [3.8, 4) is 11.8 Å². The SMILES string of the molecule is CC(=O)NC1CCN(Cc2ccc(C#CCO)s2)CC1. The fraction of sp³-hybridized carbons (Fsp3) is 0.533. The summed E-state index contributed by atoms with van der Waals surface area (Å²) in [5.41, 5.74) is 0. The van der Waals surface area contributed by atoms with Crippen molar-refractivity contribution >= 4 is 17.2 Å². The van der Waals surface area contributed by atoms with E-state index in [0.29, 0.717) is 6.04 Å². The second-order valence-corrected chi connectivity index (χ2v) is 6.15. The molecule has 0 saturated carbocycles. The molecule has 1 fully saturated rings. The monoisotopic (exact) mass is 292 g/mol. The van der Waals surface area contributed by atoms with Crippen LogP contribution < -0.4 is 5.32 Å². The summed E-state index contributed by atoms with van der Waals surface area (Å²) in [7, 11) is 0. The molecule has 1 aliphatic rings. The molecule has 0 radical (unpaired) electrons. The van der Waals surface area contributed by atoms with E-state index >= 15 is 0 Å². The van der Waals surface area contributed by atoms with Crippen molar-refractivity contribution in [3.63, 3.8) is 0 Å². The number of nitrogens with one attached hydrogen (secondary N) is 1. The van der Waals surface area contributed by atoms with Crippen LogP contribution in [-0.2, 0) is 11.3 Å². The van der Waals surface area contributed by atoms with Crippen molar-refractivity contribution in [2.45, 2.75) is 32.4 Å². The molecule has 1 aromatic heterocycles. The minimum absolute atomic E-state index is 0.0637. The van der Waals surface area contributed by atoms with Gasteiger partial charge >= 0.3 is 0 Å². The van der Waals surface area contributed by atoms with Crippen LogP contribution in [0.3, 0.4) is 0 Å². The second kappa shape index (κ2) is 7.44. The van der Waals surface area contributed by atoms with Gasteiger partial charge in [-0.15, -0.1) is 11.3 Å². The highest BCUT2D eigenvalue weighted by atomic mass is 32.1. The molecule has 0 unspecified atom stereocenters. The average Bonchev–Trinajstić information content (AvgIpc) is 2.86. The summed E-state index contributed by atoms with van der Waals surface area (Å²) in [4.78, 5) is 15.7. The quantitative estimate of drug-likeness (QED) is 0.823. The lowest BCUT2D eigenvalue weighted by atomic mass is 10.1. The molecule has 108 valence electrons. The van der Waals surface area contributed by atoms with Crippen LogP contribution in [0.4, 0.5) is 0 Å². The molecular formula is C15H20N2O2S. The number of rotatable bonds is 3. The Bertz CT molecular complexity index is 507. The Kier molecular flexibility index (Phi) is 5.60. The Morgan fingerprint density at radius 3 is 2.90 bits per heavy atom. The van der Waals surface area contributed by atoms with Crippen LogP contribution in [-0.4, -0.2) is 41.7 Å². The Morgan fingerprint density at radius 2 is 2.25 bits per heavy atom. The number of carbonyl (C=O) groups excluding carboxylic acids is 1. The first-order valence-corrected chi connectivity index (χ1v) is 7.67. The zero-order chi connectivity index (χ0) is 14.4. The normalized spacial score (nSPS) is 16.5. The Hall–Kier alpha value is -1.35. The van der Waals surface area contributed by atoms with Gasteiger partial charge in [0, 0.05) is 37.5 Å². The molecular weight excluding hydrogens is 272 g/mol. The van der Waals surface area contributed by atoms with E-state index in [1.807, 2.05) is 6.07 Å². The molecule has 1 saturated heterocycles. The predicted molar refractivity (Wildman–Crippen MR) is 80.4 cm³/mol. The van der Waals surface area contributed by atoms with Gasteiger partial charge in [-0.3, -0.25) is 9.69 Å². The molecule has 1 amide bonds. The Morgan fingerprint density at radius 1 is 1.50 bits per heavy atom. The lowest BCUT2D eigenvalue weighted by Crippen LogP contribution is -2.43. The van der Waals surface area contributed by atoms with E-state index in [1.165, 1.54) is 4.88 Å². The van der Waals surface area contributed by atoms with Gasteiger partial charge in [0.25, 0.3) is 0 Å². The summed E-state index contributed by atoms with van der Waals surface area (Å²) in [5, 5.41) is 11.7. The third-order valence-corrected chi connectivity index (χ3v) is 4.31. The molecule has 20 heavy (non-hydrogen) atoms. The maximum Gasteiger partial charge on any atom is 0.217 e. The van der Waals surface area contributed by atoms with Crippen molar-refractivity contribution in [1.29, 1.82) is 0 Å². The van der Waals surface area contributed by atoms with Gasteiger partial charge in [-0.05, 0) is 25.0 Å². The third-order valence-electron chi connectivity index (χ3n) is 3.33. The van der Waals surface area contributed by atoms with Gasteiger partial charge in [0.05, 0.1) is 4.88 Å². The van der Waals surface area contributed by atoms with E-state index in [0.717, 1.165) is 37.4 Å². The fourth-order valence-corrected chi connectivity index (χ4v) is 3.32. The molecule has 4 nitrogen and oxygen atoms in total. The summed E-state index contributed by atoms with van der Waals surface area (Å²) >= 11 is 1.68. The van der Waals surface area contributed by atoms with Gasteiger partial charge in [0.15, 0.2) is 0 Å². The van der Waals surface area contributed by atoms with Crippen LogP contribution in [0.15, 0.2) is 12.1 Å². The number of likely N-dealkylation sites (tertiary alicyclic amines) is 1. The van der Waals surface area contributed by atoms with Crippen LogP contribution >= 0.6 is 11.3 Å². The van der Waals surface area contributed by atoms with Crippen LogP contribution in [0.5, 0.6) is 0 Å². The number of thiophene rings is 1. The van der Waals surface area contributed by atoms with Crippen molar-refractivity contribution in [3.05, 3.63) is 21.9 Å². The standard InChI is InChI=1S/C15H20N2O2S/c1-12(19)16-13-6-8-17(9-7-13)11-15-5-4-14(20-15)3-2-10-18/h4-5,13,18H,6-11H2,1H3,(H,16,19). The third kappa shape index (κ3) is 4.64. The lowest BCUT2D eigenvalue weighted by molar-refractivity contribution is -0.119. The van der Waals surface area contributed by atoms with Crippen LogP contribution in [0.2, 0.25) is 0 Å². The average molecular weight is 292 g/mol. The molecule has 2 heterocycles. The van der Waals surface area contributed by atoms with Crippen molar-refractivity contribution in [2.24, 2.45) is 0 Å². The van der Waals surface area contributed by atoms with E-state index in [2.05, 4.69) is 28.1 Å². The van der Waals surface area contributed by atoms with Gasteiger partial charge in [-0.2, -0.15) is 0 Å². The van der Waals surface area contributed by atoms with Gasteiger partial charge in [-0.25, -0.2) is 0 Å². The minimum atomic E-state index is -0.0934. The molecule has 1 aromatic rings. The highest BCUT2D eigenvalue weighted by Crippen LogP contribution is 2.20. The number of piperidine rings is 1. The smallest absolute Gasteiger partial charge is 0.217 e. The summed E-state index contributed by atoms with van der Waals surface area (Å²) < 4.78 is 0. The number of hydrogen-bond acceptors (Lipinski definition) is 4. The molecule has 5 heteroatoms. The van der Waals surface area contributed by atoms with Gasteiger partial charge < -0.3 is 10.4 Å². The number of hydrogen-bond donors (Lipinski definition) is 2. The predicted octanol–water partition coefficient (Wildman–Crippen LogP) is 1.19. The maximum absolute atomic E-state index is 11.0. The Balaban J connectivity index is 1.80. The Labute approximate surface area is 123 Å². The number of amides is 1. The molecule has 0 atom stereocenters. The number of aliphatic hydroxyl groups excluding tert-OH is 1. The van der Waals surface area contributed by atoms with Crippen LogP contribution in [0, 0.1) is 11.8 Å². The summed E-state index contributed by atoms with van der Waals surface area (Å²) in [6.45, 7) is 4.45. The second-order valence-electron chi connectivity index (χ2n) is 4.98. The van der Waals surface area contributed by atoms with Crippen molar-refractivity contribution in [1.82, 2.24) is 10.2 Å². The van der Waals surface area contributed by atoms with Crippen molar-refractivity contribution < 1.29 is 9.90 Å². The molecule has 0 bridgehead atoms. The first-order chi connectivity index (χ1) is 9.67. The topological polar surface area (TPSA) is 52.6 Å². The van der Waals surface area contributed by atoms with Gasteiger partial charge in [-0.1, -0.05) is 11.8 Å². The van der Waals surface area contributed by atoms with Gasteiger partial charge in [0.1, 0.15) is 6.61 Å². The maximum atomic E-state index is 11.0. The van der Waals surface area contributed by atoms with E-state index in [1.54, 1.807) is 18.3 Å². The highest BCUT2D eigenvalue weighted by molar-refractivity contribution is 7.12.